The van der Waals surface area contributed by atoms with Gasteiger partial charge in [0.05, 0.1) is 13.2 Å². The lowest BCUT2D eigenvalue weighted by atomic mass is 10.3. The van der Waals surface area contributed by atoms with E-state index in [2.05, 4.69) is 9.97 Å². The molecule has 0 aromatic carbocycles. The first-order valence-electron chi connectivity index (χ1n) is 4.17. The van der Waals surface area contributed by atoms with Gasteiger partial charge in [-0.1, -0.05) is 0 Å². The quantitative estimate of drug-likeness (QED) is 0.717. The number of nitrogens with two attached hydrogens (primary N) is 2. The third-order valence-corrected chi connectivity index (χ3v) is 1.55. The van der Waals surface area contributed by atoms with Gasteiger partial charge in [-0.2, -0.15) is 0 Å². The summed E-state index contributed by atoms with van der Waals surface area (Å²) in [5.74, 6) is -0.0250. The molecule has 1 rings (SSSR count). The molecule has 6 nitrogen and oxygen atoms in total. The lowest BCUT2D eigenvalue weighted by Gasteiger charge is -2.04. The van der Waals surface area contributed by atoms with Crippen LogP contribution in [0.3, 0.4) is 0 Å². The first-order chi connectivity index (χ1) is 6.69. The van der Waals surface area contributed by atoms with Crippen molar-refractivity contribution in [3.63, 3.8) is 0 Å². The Hall–Kier alpha value is -1.40. The molecular weight excluding hydrogens is 220 g/mol. The average molecular weight is 233 g/mol. The predicted octanol–water partition coefficient (Wildman–Crippen LogP) is 0.116. The van der Waals surface area contributed by atoms with E-state index in [4.69, 9.17) is 16.2 Å². The van der Waals surface area contributed by atoms with Gasteiger partial charge in [0.2, 0.25) is 0 Å². The highest BCUT2D eigenvalue weighted by Gasteiger charge is 2.12. The van der Waals surface area contributed by atoms with Gasteiger partial charge in [-0.3, -0.25) is 0 Å². The fraction of sp³-hybridized carbons (Fsp3) is 0.375. The molecule has 0 amide bonds. The Morgan fingerprint density at radius 3 is 2.73 bits per heavy atom. The van der Waals surface area contributed by atoms with Gasteiger partial charge < -0.3 is 16.2 Å². The van der Waals surface area contributed by atoms with Crippen LogP contribution in [0.5, 0.6) is 0 Å². The summed E-state index contributed by atoms with van der Waals surface area (Å²) < 4.78 is 4.75. The van der Waals surface area contributed by atoms with Crippen LogP contribution in [0, 0.1) is 0 Å². The summed E-state index contributed by atoms with van der Waals surface area (Å²) in [5.41, 5.74) is 11.0. The second kappa shape index (κ2) is 6.15. The highest BCUT2D eigenvalue weighted by molar-refractivity contribution is 5.93. The zero-order valence-corrected chi connectivity index (χ0v) is 9.08. The summed E-state index contributed by atoms with van der Waals surface area (Å²) in [6, 6.07) is 0. The summed E-state index contributed by atoms with van der Waals surface area (Å²) in [7, 11) is 0. The van der Waals surface area contributed by atoms with E-state index in [1.165, 1.54) is 6.20 Å². The second-order valence-corrected chi connectivity index (χ2v) is 2.51. The molecule has 1 aromatic rings. The zero-order valence-electron chi connectivity index (χ0n) is 8.27. The van der Waals surface area contributed by atoms with E-state index in [-0.39, 0.29) is 36.9 Å². The summed E-state index contributed by atoms with van der Waals surface area (Å²) in [4.78, 5) is 18.9. The zero-order chi connectivity index (χ0) is 10.6. The van der Waals surface area contributed by atoms with Gasteiger partial charge in [-0.25, -0.2) is 14.8 Å². The van der Waals surface area contributed by atoms with Crippen molar-refractivity contribution in [2.75, 3.05) is 12.3 Å². The summed E-state index contributed by atoms with van der Waals surface area (Å²) >= 11 is 0. The van der Waals surface area contributed by atoms with Crippen LogP contribution in [0.2, 0.25) is 0 Å². The molecule has 1 aromatic heterocycles. The molecule has 84 valence electrons. The van der Waals surface area contributed by atoms with E-state index in [9.17, 15) is 4.79 Å². The number of nitrogen functional groups attached to an aromatic ring is 1. The standard InChI is InChI=1S/C8H12N4O2.ClH/c1-2-14-8(13)5-4-11-6(3-9)12-7(5)10;/h4H,2-3,9H2,1H3,(H2,10,11,12);1H. The summed E-state index contributed by atoms with van der Waals surface area (Å²) in [6.07, 6.45) is 1.32. The van der Waals surface area contributed by atoms with Crippen LogP contribution < -0.4 is 11.5 Å². The van der Waals surface area contributed by atoms with Crippen molar-refractivity contribution in [3.05, 3.63) is 17.6 Å². The Bertz CT molecular complexity index is 345. The van der Waals surface area contributed by atoms with E-state index >= 15 is 0 Å². The molecule has 4 N–H and O–H groups in total. The van der Waals surface area contributed by atoms with Gasteiger partial charge in [0.1, 0.15) is 17.2 Å². The Balaban J connectivity index is 0.00000196. The fourth-order valence-corrected chi connectivity index (χ4v) is 0.898. The summed E-state index contributed by atoms with van der Waals surface area (Å²) in [5, 5.41) is 0. The molecule has 0 bridgehead atoms. The van der Waals surface area contributed by atoms with Crippen LogP contribution in [-0.4, -0.2) is 22.5 Å². The van der Waals surface area contributed by atoms with Gasteiger partial charge in [0, 0.05) is 6.20 Å². The average Bonchev–Trinajstić information content (AvgIpc) is 2.17. The minimum atomic E-state index is -0.520. The summed E-state index contributed by atoms with van der Waals surface area (Å²) in [6.45, 7) is 2.19. The van der Waals surface area contributed by atoms with Crippen molar-refractivity contribution < 1.29 is 9.53 Å². The number of aromatic nitrogens is 2. The SMILES string of the molecule is CCOC(=O)c1cnc(CN)nc1N.Cl. The molecule has 0 spiro atoms. The van der Waals surface area contributed by atoms with Crippen LogP contribution in [0.25, 0.3) is 0 Å². The molecule has 0 saturated heterocycles. The first kappa shape index (κ1) is 13.6. The van der Waals surface area contributed by atoms with Crippen LogP contribution in [0.15, 0.2) is 6.20 Å². The number of ether oxygens (including phenoxy) is 1. The molecule has 0 fully saturated rings. The number of rotatable bonds is 3. The number of anilines is 1. The molecule has 0 aliphatic rings. The number of carbonyl (C=O) groups is 1. The van der Waals surface area contributed by atoms with Crippen molar-refractivity contribution in [2.45, 2.75) is 13.5 Å². The van der Waals surface area contributed by atoms with Gasteiger partial charge in [-0.05, 0) is 6.92 Å². The van der Waals surface area contributed by atoms with Gasteiger partial charge in [-0.15, -0.1) is 12.4 Å². The molecular formula is C8H13ClN4O2. The van der Waals surface area contributed by atoms with E-state index < -0.39 is 5.97 Å². The Morgan fingerprint density at radius 1 is 1.60 bits per heavy atom. The van der Waals surface area contributed by atoms with E-state index in [0.717, 1.165) is 0 Å². The second-order valence-electron chi connectivity index (χ2n) is 2.51. The lowest BCUT2D eigenvalue weighted by Crippen LogP contribution is -2.13. The maximum absolute atomic E-state index is 11.3. The van der Waals surface area contributed by atoms with Gasteiger partial charge >= 0.3 is 5.97 Å². The fourth-order valence-electron chi connectivity index (χ4n) is 0.898. The van der Waals surface area contributed by atoms with Crippen molar-refractivity contribution in [1.29, 1.82) is 0 Å². The Labute approximate surface area is 93.4 Å². The molecule has 7 heteroatoms. The molecule has 0 unspecified atom stereocenters. The third-order valence-electron chi connectivity index (χ3n) is 1.55. The maximum atomic E-state index is 11.3. The number of halogens is 1. The number of carbonyl (C=O) groups excluding carboxylic acids is 1. The minimum absolute atomic E-state index is 0. The van der Waals surface area contributed by atoms with Gasteiger partial charge in [0.15, 0.2) is 0 Å². The van der Waals surface area contributed by atoms with E-state index in [1.807, 2.05) is 0 Å². The first-order valence-corrected chi connectivity index (χ1v) is 4.17. The van der Waals surface area contributed by atoms with E-state index in [1.54, 1.807) is 6.92 Å². The molecule has 1 heterocycles. The lowest BCUT2D eigenvalue weighted by molar-refractivity contribution is 0.0526. The highest BCUT2D eigenvalue weighted by Crippen LogP contribution is 2.08. The van der Waals surface area contributed by atoms with Crippen molar-refractivity contribution >= 4 is 24.2 Å². The number of esters is 1. The minimum Gasteiger partial charge on any atom is -0.462 e. The van der Waals surface area contributed by atoms with Gasteiger partial charge in [0.25, 0.3) is 0 Å². The Kier molecular flexibility index (Phi) is 5.58. The van der Waals surface area contributed by atoms with Crippen LogP contribution >= 0.6 is 12.4 Å². The normalized spacial score (nSPS) is 9.20. The Morgan fingerprint density at radius 2 is 2.27 bits per heavy atom. The van der Waals surface area contributed by atoms with Crippen LogP contribution in [-0.2, 0) is 11.3 Å². The molecule has 0 saturated carbocycles. The molecule has 15 heavy (non-hydrogen) atoms. The molecule has 0 atom stereocenters. The molecule has 0 aliphatic carbocycles. The highest BCUT2D eigenvalue weighted by atomic mass is 35.5. The smallest absolute Gasteiger partial charge is 0.343 e. The van der Waals surface area contributed by atoms with Crippen LogP contribution in [0.4, 0.5) is 5.82 Å². The monoisotopic (exact) mass is 232 g/mol. The number of nitrogens with zero attached hydrogens (tertiary/aromatic N) is 2. The maximum Gasteiger partial charge on any atom is 0.343 e. The van der Waals surface area contributed by atoms with Crippen LogP contribution in [0.1, 0.15) is 23.1 Å². The largest absolute Gasteiger partial charge is 0.462 e. The van der Waals surface area contributed by atoms with E-state index in [0.29, 0.717) is 5.82 Å². The third kappa shape index (κ3) is 3.34. The van der Waals surface area contributed by atoms with Crippen molar-refractivity contribution in [1.82, 2.24) is 9.97 Å². The number of hydrogen-bond acceptors (Lipinski definition) is 6. The molecule has 0 radical (unpaired) electrons. The topological polar surface area (TPSA) is 104 Å². The van der Waals surface area contributed by atoms with Crippen molar-refractivity contribution in [3.8, 4) is 0 Å². The number of hydrogen-bond donors (Lipinski definition) is 2. The molecule has 0 aliphatic heterocycles. The predicted molar refractivity (Wildman–Crippen MR) is 57.5 cm³/mol. The van der Waals surface area contributed by atoms with Crippen molar-refractivity contribution in [2.24, 2.45) is 5.73 Å².